The van der Waals surface area contributed by atoms with Crippen LogP contribution in [0.5, 0.6) is 0 Å². The Morgan fingerprint density at radius 2 is 2.12 bits per heavy atom. The third kappa shape index (κ3) is 5.51. The number of carbonyl (C=O) groups excluding carboxylic acids is 1. The molecule has 2 saturated heterocycles. The molecule has 2 aliphatic rings. The van der Waals surface area contributed by atoms with Crippen molar-refractivity contribution in [3.05, 3.63) is 34.9 Å². The molecule has 1 aromatic rings. The van der Waals surface area contributed by atoms with Crippen LogP contribution in [0.1, 0.15) is 24.8 Å². The highest BCUT2D eigenvalue weighted by atomic mass is 35.5. The number of nitrogens with one attached hydrogen (secondary N) is 2. The fourth-order valence-electron chi connectivity index (χ4n) is 3.51. The van der Waals surface area contributed by atoms with Gasteiger partial charge in [0.05, 0.1) is 0 Å². The van der Waals surface area contributed by atoms with E-state index in [0.717, 1.165) is 41.5 Å². The van der Waals surface area contributed by atoms with Gasteiger partial charge in [-0.25, -0.2) is 0 Å². The summed E-state index contributed by atoms with van der Waals surface area (Å²) in [6, 6.07) is 8.26. The predicted molar refractivity (Wildman–Crippen MR) is 107 cm³/mol. The minimum Gasteiger partial charge on any atom is -0.381 e. The van der Waals surface area contributed by atoms with Gasteiger partial charge in [0.1, 0.15) is 0 Å². The molecule has 7 heteroatoms. The molecule has 140 valence electrons. The van der Waals surface area contributed by atoms with Crippen LogP contribution in [-0.4, -0.2) is 49.8 Å². The summed E-state index contributed by atoms with van der Waals surface area (Å²) in [5.41, 5.74) is 1.00. The van der Waals surface area contributed by atoms with Gasteiger partial charge in [-0.2, -0.15) is 11.8 Å². The summed E-state index contributed by atoms with van der Waals surface area (Å²) in [5.74, 6) is 2.26. The summed E-state index contributed by atoms with van der Waals surface area (Å²) in [7, 11) is 0. The zero-order chi connectivity index (χ0) is 16.8. The van der Waals surface area contributed by atoms with Crippen molar-refractivity contribution in [2.45, 2.75) is 30.7 Å². The van der Waals surface area contributed by atoms with Gasteiger partial charge in [0.25, 0.3) is 0 Å². The summed E-state index contributed by atoms with van der Waals surface area (Å²) >= 11 is 8.36. The zero-order valence-corrected chi connectivity index (χ0v) is 16.7. The topological polar surface area (TPSA) is 50.4 Å². The van der Waals surface area contributed by atoms with Crippen molar-refractivity contribution in [1.29, 1.82) is 0 Å². The van der Waals surface area contributed by atoms with Crippen LogP contribution in [0.25, 0.3) is 0 Å². The highest BCUT2D eigenvalue weighted by Gasteiger charge is 2.36. The molecule has 0 aromatic heterocycles. The molecule has 1 unspecified atom stereocenters. The molecule has 2 aliphatic heterocycles. The number of rotatable bonds is 5. The Hall–Kier alpha value is -0.460. The quantitative estimate of drug-likeness (QED) is 0.791. The molecule has 2 N–H and O–H groups in total. The van der Waals surface area contributed by atoms with E-state index >= 15 is 0 Å². The lowest BCUT2D eigenvalue weighted by atomic mass is 9.74. The van der Waals surface area contributed by atoms with E-state index in [1.165, 1.54) is 0 Å². The predicted octanol–water partition coefficient (Wildman–Crippen LogP) is 3.02. The molecule has 0 spiro atoms. The van der Waals surface area contributed by atoms with Gasteiger partial charge in [-0.05, 0) is 24.5 Å². The van der Waals surface area contributed by atoms with E-state index in [1.54, 1.807) is 0 Å². The van der Waals surface area contributed by atoms with Gasteiger partial charge in [-0.15, -0.1) is 12.4 Å². The fourth-order valence-corrected chi connectivity index (χ4v) is 4.79. The average Bonchev–Trinajstić information content (AvgIpc) is 2.62. The normalized spacial score (nSPS) is 22.7. The molecule has 0 aliphatic carbocycles. The van der Waals surface area contributed by atoms with E-state index in [0.29, 0.717) is 26.2 Å². The standard InChI is InChI=1S/C18H25ClN2O2S.ClH/c19-16-4-2-1-3-15(16)18(5-8-23-9-6-18)13-21-17(22)11-14-12-24-10-7-20-14;/h1-4,14,20H,5-13H2,(H,21,22);1H. The monoisotopic (exact) mass is 404 g/mol. The SMILES string of the molecule is Cl.O=C(CC1CSCCN1)NCC1(c2ccccc2Cl)CCOCC1. The van der Waals surface area contributed by atoms with E-state index < -0.39 is 0 Å². The maximum atomic E-state index is 12.4. The molecular weight excluding hydrogens is 379 g/mol. The van der Waals surface area contributed by atoms with Gasteiger partial charge < -0.3 is 15.4 Å². The van der Waals surface area contributed by atoms with Gasteiger partial charge in [-0.1, -0.05) is 29.8 Å². The minimum atomic E-state index is -0.124. The van der Waals surface area contributed by atoms with Gasteiger partial charge in [0.2, 0.25) is 5.91 Å². The molecule has 0 saturated carbocycles. The van der Waals surface area contributed by atoms with Crippen LogP contribution < -0.4 is 10.6 Å². The van der Waals surface area contributed by atoms with Gasteiger partial charge in [0, 0.05) is 60.7 Å². The minimum absolute atomic E-state index is 0. The Morgan fingerprint density at radius 1 is 1.36 bits per heavy atom. The summed E-state index contributed by atoms with van der Waals surface area (Å²) in [6.45, 7) is 3.03. The fraction of sp³-hybridized carbons (Fsp3) is 0.611. The number of carbonyl (C=O) groups is 1. The molecule has 2 fully saturated rings. The van der Waals surface area contributed by atoms with E-state index in [-0.39, 0.29) is 29.8 Å². The highest BCUT2D eigenvalue weighted by Crippen LogP contribution is 2.38. The second kappa shape index (κ2) is 10.0. The van der Waals surface area contributed by atoms with Crippen molar-refractivity contribution in [2.75, 3.05) is 37.8 Å². The Balaban J connectivity index is 0.00000225. The third-order valence-electron chi connectivity index (χ3n) is 4.95. The van der Waals surface area contributed by atoms with Crippen molar-refractivity contribution < 1.29 is 9.53 Å². The van der Waals surface area contributed by atoms with Gasteiger partial charge in [-0.3, -0.25) is 4.79 Å². The molecule has 25 heavy (non-hydrogen) atoms. The Labute approximate surface area is 165 Å². The van der Waals surface area contributed by atoms with E-state index in [1.807, 2.05) is 30.0 Å². The van der Waals surface area contributed by atoms with Gasteiger partial charge >= 0.3 is 0 Å². The molecule has 0 radical (unpaired) electrons. The number of thioether (sulfide) groups is 1. The van der Waals surface area contributed by atoms with Crippen LogP contribution in [0.2, 0.25) is 5.02 Å². The highest BCUT2D eigenvalue weighted by molar-refractivity contribution is 7.99. The maximum absolute atomic E-state index is 12.4. The number of halogens is 2. The molecular formula is C18H26Cl2N2O2S. The first-order valence-corrected chi connectivity index (χ1v) is 10.1. The number of amides is 1. The lowest BCUT2D eigenvalue weighted by molar-refractivity contribution is -0.122. The van der Waals surface area contributed by atoms with Crippen molar-refractivity contribution in [1.82, 2.24) is 10.6 Å². The number of benzene rings is 1. The Morgan fingerprint density at radius 3 is 2.80 bits per heavy atom. The molecule has 0 bridgehead atoms. The lowest BCUT2D eigenvalue weighted by Gasteiger charge is -2.38. The van der Waals surface area contributed by atoms with Crippen LogP contribution in [-0.2, 0) is 14.9 Å². The van der Waals surface area contributed by atoms with Crippen molar-refractivity contribution >= 4 is 41.7 Å². The van der Waals surface area contributed by atoms with Crippen LogP contribution in [0, 0.1) is 0 Å². The molecule has 1 aromatic carbocycles. The second-order valence-electron chi connectivity index (χ2n) is 6.58. The van der Waals surface area contributed by atoms with Gasteiger partial charge in [0.15, 0.2) is 0 Å². The Kier molecular flexibility index (Phi) is 8.36. The molecule has 4 nitrogen and oxygen atoms in total. The Bertz CT molecular complexity index is 562. The molecule has 1 atom stereocenters. The average molecular weight is 405 g/mol. The zero-order valence-electron chi connectivity index (χ0n) is 14.3. The van der Waals surface area contributed by atoms with Crippen LogP contribution in [0.4, 0.5) is 0 Å². The summed E-state index contributed by atoms with van der Waals surface area (Å²) in [5, 5.41) is 7.36. The smallest absolute Gasteiger partial charge is 0.221 e. The number of ether oxygens (including phenoxy) is 1. The van der Waals surface area contributed by atoms with Crippen LogP contribution in [0.15, 0.2) is 24.3 Å². The summed E-state index contributed by atoms with van der Waals surface area (Å²) in [4.78, 5) is 12.4. The maximum Gasteiger partial charge on any atom is 0.221 e. The first-order chi connectivity index (χ1) is 11.7. The summed E-state index contributed by atoms with van der Waals surface area (Å²) < 4.78 is 5.55. The van der Waals surface area contributed by atoms with Crippen LogP contribution in [0.3, 0.4) is 0 Å². The van der Waals surface area contributed by atoms with E-state index in [9.17, 15) is 4.79 Å². The number of hydrogen-bond donors (Lipinski definition) is 2. The summed E-state index contributed by atoms with van der Waals surface area (Å²) in [6.07, 6.45) is 2.31. The first kappa shape index (κ1) is 20.8. The molecule has 1 amide bonds. The van der Waals surface area contributed by atoms with Crippen molar-refractivity contribution in [3.8, 4) is 0 Å². The lowest BCUT2D eigenvalue weighted by Crippen LogP contribution is -2.47. The number of hydrogen-bond acceptors (Lipinski definition) is 4. The van der Waals surface area contributed by atoms with Crippen molar-refractivity contribution in [2.24, 2.45) is 0 Å². The van der Waals surface area contributed by atoms with E-state index in [2.05, 4.69) is 16.7 Å². The van der Waals surface area contributed by atoms with Crippen LogP contribution >= 0.6 is 35.8 Å². The largest absolute Gasteiger partial charge is 0.381 e. The second-order valence-corrected chi connectivity index (χ2v) is 8.14. The molecule has 3 rings (SSSR count). The van der Waals surface area contributed by atoms with E-state index in [4.69, 9.17) is 16.3 Å². The first-order valence-electron chi connectivity index (χ1n) is 8.60. The third-order valence-corrected chi connectivity index (χ3v) is 6.41. The van der Waals surface area contributed by atoms with Crippen molar-refractivity contribution in [3.63, 3.8) is 0 Å². The molecule has 2 heterocycles.